The van der Waals surface area contributed by atoms with Crippen LogP contribution < -0.4 is 10.6 Å². The molecule has 0 aliphatic rings. The molecule has 2 amide bonds. The van der Waals surface area contributed by atoms with E-state index in [1.807, 2.05) is 18.2 Å². The summed E-state index contributed by atoms with van der Waals surface area (Å²) in [5, 5.41) is 5.78. The minimum Gasteiger partial charge on any atom is -0.348 e. The minimum atomic E-state index is -0.310. The molecule has 0 heterocycles. The highest BCUT2D eigenvalue weighted by atomic mass is 16.2. The summed E-state index contributed by atoms with van der Waals surface area (Å²) in [6.07, 6.45) is 0.728. The fourth-order valence-electron chi connectivity index (χ4n) is 3.50. The zero-order chi connectivity index (χ0) is 23.6. The first-order valence-electron chi connectivity index (χ1n) is 11.1. The van der Waals surface area contributed by atoms with E-state index in [1.165, 1.54) is 5.56 Å². The van der Waals surface area contributed by atoms with Gasteiger partial charge in [0.15, 0.2) is 0 Å². The number of hydrogen-bond donors (Lipinski definition) is 2. The van der Waals surface area contributed by atoms with Crippen molar-refractivity contribution in [3.63, 3.8) is 0 Å². The maximum atomic E-state index is 12.8. The van der Waals surface area contributed by atoms with Gasteiger partial charge in [-0.25, -0.2) is 0 Å². The summed E-state index contributed by atoms with van der Waals surface area (Å²) >= 11 is 0. The molecule has 2 N–H and O–H groups in total. The summed E-state index contributed by atoms with van der Waals surface area (Å²) in [5.41, 5.74) is 4.20. The minimum absolute atomic E-state index is 0.209. The largest absolute Gasteiger partial charge is 0.348 e. The summed E-state index contributed by atoms with van der Waals surface area (Å²) in [7, 11) is 0. The highest BCUT2D eigenvalue weighted by Gasteiger charge is 2.11. The van der Waals surface area contributed by atoms with Crippen LogP contribution in [0.15, 0.2) is 72.8 Å². The van der Waals surface area contributed by atoms with Gasteiger partial charge in [-0.3, -0.25) is 19.3 Å². The van der Waals surface area contributed by atoms with Gasteiger partial charge in [-0.1, -0.05) is 56.3 Å². The third-order valence-electron chi connectivity index (χ3n) is 5.54. The van der Waals surface area contributed by atoms with Gasteiger partial charge < -0.3 is 10.6 Å². The number of amides is 2. The molecule has 0 aliphatic heterocycles. The van der Waals surface area contributed by atoms with Crippen LogP contribution in [0, 0.1) is 0 Å². The quantitative estimate of drug-likeness (QED) is 0.452. The Kier molecular flexibility index (Phi) is 8.49. The van der Waals surface area contributed by atoms with Crippen LogP contribution in [0.25, 0.3) is 0 Å². The monoisotopic (exact) mass is 443 g/mol. The van der Waals surface area contributed by atoms with Crippen LogP contribution in [-0.4, -0.2) is 36.1 Å². The second-order valence-corrected chi connectivity index (χ2v) is 7.69. The van der Waals surface area contributed by atoms with E-state index in [4.69, 9.17) is 0 Å². The molecule has 0 aromatic heterocycles. The Bertz CT molecular complexity index is 1110. The van der Waals surface area contributed by atoms with Crippen molar-refractivity contribution in [1.29, 1.82) is 0 Å². The van der Waals surface area contributed by atoms with Crippen molar-refractivity contribution in [2.24, 2.45) is 0 Å². The molecule has 0 saturated carbocycles. The van der Waals surface area contributed by atoms with E-state index in [0.29, 0.717) is 28.9 Å². The first-order chi connectivity index (χ1) is 16.0. The molecule has 3 rings (SSSR count). The summed E-state index contributed by atoms with van der Waals surface area (Å²) in [4.78, 5) is 38.4. The van der Waals surface area contributed by atoms with Gasteiger partial charge in [0.2, 0.25) is 0 Å². The van der Waals surface area contributed by atoms with Crippen LogP contribution >= 0.6 is 0 Å². The molecule has 0 aliphatic carbocycles. The lowest BCUT2D eigenvalue weighted by Gasteiger charge is -2.20. The fourth-order valence-corrected chi connectivity index (χ4v) is 3.50. The molecule has 0 bridgehead atoms. The molecule has 0 radical (unpaired) electrons. The van der Waals surface area contributed by atoms with Crippen molar-refractivity contribution >= 4 is 23.8 Å². The van der Waals surface area contributed by atoms with Gasteiger partial charge in [-0.05, 0) is 54.5 Å². The van der Waals surface area contributed by atoms with Crippen molar-refractivity contribution in [3.05, 3.63) is 101 Å². The van der Waals surface area contributed by atoms with Gasteiger partial charge >= 0.3 is 0 Å². The van der Waals surface area contributed by atoms with Crippen LogP contribution in [0.2, 0.25) is 0 Å². The second-order valence-electron chi connectivity index (χ2n) is 7.69. The normalized spacial score (nSPS) is 10.6. The molecule has 170 valence electrons. The maximum Gasteiger partial charge on any atom is 0.255 e. The molecule has 33 heavy (non-hydrogen) atoms. The van der Waals surface area contributed by atoms with Crippen molar-refractivity contribution in [2.75, 3.05) is 18.4 Å². The number of carbonyl (C=O) groups is 3. The lowest BCUT2D eigenvalue weighted by Crippen LogP contribution is -2.26. The predicted octanol–water partition coefficient (Wildman–Crippen LogP) is 4.52. The highest BCUT2D eigenvalue weighted by molar-refractivity contribution is 6.05. The van der Waals surface area contributed by atoms with Gasteiger partial charge in [0.05, 0.1) is 0 Å². The summed E-state index contributed by atoms with van der Waals surface area (Å²) in [6, 6.07) is 21.3. The molecule has 0 unspecified atom stereocenters. The summed E-state index contributed by atoms with van der Waals surface area (Å²) in [6.45, 7) is 7.48. The van der Waals surface area contributed by atoms with E-state index in [0.717, 1.165) is 31.5 Å². The Hall–Kier alpha value is -3.77. The van der Waals surface area contributed by atoms with E-state index in [9.17, 15) is 14.4 Å². The van der Waals surface area contributed by atoms with Crippen LogP contribution in [0.5, 0.6) is 0 Å². The number of rotatable bonds is 10. The summed E-state index contributed by atoms with van der Waals surface area (Å²) in [5.74, 6) is -0.519. The molecule has 3 aromatic rings. The Labute approximate surface area is 194 Å². The zero-order valence-electron chi connectivity index (χ0n) is 19.0. The van der Waals surface area contributed by atoms with Crippen molar-refractivity contribution in [1.82, 2.24) is 10.2 Å². The lowest BCUT2D eigenvalue weighted by molar-refractivity contribution is 0.0949. The van der Waals surface area contributed by atoms with E-state index in [2.05, 4.69) is 35.4 Å². The van der Waals surface area contributed by atoms with E-state index >= 15 is 0 Å². The average molecular weight is 444 g/mol. The zero-order valence-corrected chi connectivity index (χ0v) is 19.0. The highest BCUT2D eigenvalue weighted by Crippen LogP contribution is 2.15. The smallest absolute Gasteiger partial charge is 0.255 e. The van der Waals surface area contributed by atoms with Gasteiger partial charge in [-0.2, -0.15) is 0 Å². The average Bonchev–Trinajstić information content (AvgIpc) is 2.86. The Balaban J connectivity index is 1.64. The van der Waals surface area contributed by atoms with Crippen molar-refractivity contribution in [3.8, 4) is 0 Å². The van der Waals surface area contributed by atoms with E-state index < -0.39 is 0 Å². The first-order valence-corrected chi connectivity index (χ1v) is 11.1. The van der Waals surface area contributed by atoms with Gasteiger partial charge in [-0.15, -0.1) is 0 Å². The molecule has 0 fully saturated rings. The number of anilines is 1. The Morgan fingerprint density at radius 3 is 2.18 bits per heavy atom. The van der Waals surface area contributed by atoms with Crippen LogP contribution in [0.1, 0.15) is 56.0 Å². The Morgan fingerprint density at radius 2 is 1.52 bits per heavy atom. The standard InChI is InChI=1S/C27H29N3O3/c1-3-30(4-2)18-24-9-6-5-8-23(24)17-28-26(32)22-10-7-11-25(16-22)29-27(33)21-14-12-20(19-31)13-15-21/h5-16,19H,3-4,17-18H2,1-2H3,(H,28,32)(H,29,33). The van der Waals surface area contributed by atoms with Crippen molar-refractivity contribution in [2.45, 2.75) is 26.9 Å². The fraction of sp³-hybridized carbons (Fsp3) is 0.222. The maximum absolute atomic E-state index is 12.8. The number of nitrogens with zero attached hydrogens (tertiary/aromatic N) is 1. The van der Waals surface area contributed by atoms with E-state index in [1.54, 1.807) is 48.5 Å². The number of benzene rings is 3. The number of carbonyl (C=O) groups excluding carboxylic acids is 3. The molecule has 6 heteroatoms. The molecule has 0 spiro atoms. The first kappa shape index (κ1) is 23.9. The SMILES string of the molecule is CCN(CC)Cc1ccccc1CNC(=O)c1cccc(NC(=O)c2ccc(C=O)cc2)c1. The molecule has 3 aromatic carbocycles. The van der Waals surface area contributed by atoms with Gasteiger partial charge in [0, 0.05) is 35.5 Å². The molecule has 6 nitrogen and oxygen atoms in total. The third kappa shape index (κ3) is 6.60. The van der Waals surface area contributed by atoms with Crippen molar-refractivity contribution < 1.29 is 14.4 Å². The molecule has 0 saturated heterocycles. The number of nitrogens with one attached hydrogen (secondary N) is 2. The lowest BCUT2D eigenvalue weighted by atomic mass is 10.1. The third-order valence-corrected chi connectivity index (χ3v) is 5.54. The predicted molar refractivity (Wildman–Crippen MR) is 130 cm³/mol. The van der Waals surface area contributed by atoms with Crippen LogP contribution in [0.3, 0.4) is 0 Å². The molecular weight excluding hydrogens is 414 g/mol. The van der Waals surface area contributed by atoms with Gasteiger partial charge in [0.25, 0.3) is 11.8 Å². The number of aldehydes is 1. The van der Waals surface area contributed by atoms with Crippen LogP contribution in [-0.2, 0) is 13.1 Å². The summed E-state index contributed by atoms with van der Waals surface area (Å²) < 4.78 is 0. The molecule has 0 atom stereocenters. The molecular formula is C27H29N3O3. The van der Waals surface area contributed by atoms with Crippen LogP contribution in [0.4, 0.5) is 5.69 Å². The number of hydrogen-bond acceptors (Lipinski definition) is 4. The Morgan fingerprint density at radius 1 is 0.818 bits per heavy atom. The topological polar surface area (TPSA) is 78.5 Å². The van der Waals surface area contributed by atoms with Gasteiger partial charge in [0.1, 0.15) is 6.29 Å². The second kappa shape index (κ2) is 11.7. The van der Waals surface area contributed by atoms with E-state index in [-0.39, 0.29) is 11.8 Å².